The van der Waals surface area contributed by atoms with Crippen LogP contribution < -0.4 is 5.48 Å². The maximum Gasteiger partial charge on any atom is 0.164 e. The second kappa shape index (κ2) is 6.83. The molecule has 0 fully saturated rings. The molecule has 1 atom stereocenters. The van der Waals surface area contributed by atoms with E-state index in [9.17, 15) is 4.79 Å². The molecule has 0 aliphatic carbocycles. The lowest BCUT2D eigenvalue weighted by Gasteiger charge is -2.17. The lowest BCUT2D eigenvalue weighted by molar-refractivity contribution is 0.0545. The Balaban J connectivity index is 2.11. The summed E-state index contributed by atoms with van der Waals surface area (Å²) in [4.78, 5) is 17.2. The van der Waals surface area contributed by atoms with Gasteiger partial charge in [0.2, 0.25) is 0 Å². The van der Waals surface area contributed by atoms with Crippen molar-refractivity contribution >= 4 is 5.78 Å². The highest BCUT2D eigenvalue weighted by molar-refractivity contribution is 5.96. The lowest BCUT2D eigenvalue weighted by Crippen LogP contribution is -2.23. The normalized spacial score (nSPS) is 12.1. The number of benzene rings is 2. The fourth-order valence-corrected chi connectivity index (χ4v) is 1.98. The van der Waals surface area contributed by atoms with Gasteiger partial charge in [-0.05, 0) is 5.56 Å². The number of Topliss-reactive ketones (excluding diaryl/α,β-unsaturated/α-hetero) is 1. The highest BCUT2D eigenvalue weighted by atomic mass is 16.6. The number of ketones is 1. The van der Waals surface area contributed by atoms with Crippen molar-refractivity contribution < 1.29 is 9.63 Å². The molecule has 0 aliphatic heterocycles. The molecule has 0 saturated carbocycles. The van der Waals surface area contributed by atoms with Gasteiger partial charge in [-0.2, -0.15) is 5.48 Å². The smallest absolute Gasteiger partial charge is 0.164 e. The highest BCUT2D eigenvalue weighted by Crippen LogP contribution is 2.19. The molecule has 0 aromatic heterocycles. The molecule has 1 unspecified atom stereocenters. The molecule has 0 aliphatic rings. The first kappa shape index (κ1) is 13.5. The minimum atomic E-state index is -0.140. The number of rotatable bonds is 6. The summed E-state index contributed by atoms with van der Waals surface area (Å²) in [5.41, 5.74) is 4.64. The van der Waals surface area contributed by atoms with Crippen molar-refractivity contribution in [3.05, 3.63) is 71.8 Å². The third-order valence-electron chi connectivity index (χ3n) is 2.95. The summed E-state index contributed by atoms with van der Waals surface area (Å²) in [5.74, 6) is 0.0963. The predicted octanol–water partition coefficient (Wildman–Crippen LogP) is 3.15. The molecule has 19 heavy (non-hydrogen) atoms. The second-order valence-electron chi connectivity index (χ2n) is 4.28. The molecule has 2 aromatic carbocycles. The maximum atomic E-state index is 12.2. The summed E-state index contributed by atoms with van der Waals surface area (Å²) < 4.78 is 0. The molecule has 1 N–H and O–H groups in total. The van der Waals surface area contributed by atoms with Gasteiger partial charge in [-0.15, -0.1) is 0 Å². The number of hydrogen-bond donors (Lipinski definition) is 1. The number of carbonyl (C=O) groups is 1. The van der Waals surface area contributed by atoms with E-state index in [1.807, 2.05) is 60.7 Å². The van der Waals surface area contributed by atoms with Crippen molar-refractivity contribution in [2.45, 2.75) is 12.5 Å². The van der Waals surface area contributed by atoms with E-state index in [0.717, 1.165) is 11.1 Å². The molecule has 0 amide bonds. The van der Waals surface area contributed by atoms with Crippen molar-refractivity contribution in [2.24, 2.45) is 0 Å². The van der Waals surface area contributed by atoms with E-state index < -0.39 is 0 Å². The zero-order valence-corrected chi connectivity index (χ0v) is 10.9. The number of hydroxylamine groups is 1. The molecule has 2 rings (SSSR count). The van der Waals surface area contributed by atoms with Gasteiger partial charge in [-0.1, -0.05) is 60.7 Å². The molecule has 3 nitrogen and oxygen atoms in total. The Kier molecular flexibility index (Phi) is 4.84. The van der Waals surface area contributed by atoms with Crippen LogP contribution in [0.15, 0.2) is 60.7 Å². The Hall–Kier alpha value is -1.97. The van der Waals surface area contributed by atoms with Crippen LogP contribution in [-0.2, 0) is 4.84 Å². The van der Waals surface area contributed by atoms with Gasteiger partial charge in [0.05, 0.1) is 13.2 Å². The molecule has 3 heteroatoms. The van der Waals surface area contributed by atoms with Crippen molar-refractivity contribution in [2.75, 3.05) is 7.11 Å². The van der Waals surface area contributed by atoms with E-state index in [1.54, 1.807) is 7.11 Å². The average Bonchev–Trinajstić information content (AvgIpc) is 2.48. The van der Waals surface area contributed by atoms with Crippen LogP contribution in [-0.4, -0.2) is 12.9 Å². The second-order valence-corrected chi connectivity index (χ2v) is 4.28. The summed E-state index contributed by atoms with van der Waals surface area (Å²) >= 11 is 0. The molecule has 0 heterocycles. The van der Waals surface area contributed by atoms with Gasteiger partial charge in [0.25, 0.3) is 0 Å². The molecular formula is C16H17NO2. The van der Waals surface area contributed by atoms with Crippen LogP contribution in [0.2, 0.25) is 0 Å². The average molecular weight is 255 g/mol. The first-order chi connectivity index (χ1) is 9.31. The summed E-state index contributed by atoms with van der Waals surface area (Å²) in [6, 6.07) is 19.0. The first-order valence-electron chi connectivity index (χ1n) is 6.23. The van der Waals surface area contributed by atoms with Crippen molar-refractivity contribution in [1.82, 2.24) is 5.48 Å². The van der Waals surface area contributed by atoms with Crippen molar-refractivity contribution in [3.8, 4) is 0 Å². The van der Waals surface area contributed by atoms with Crippen molar-refractivity contribution in [3.63, 3.8) is 0 Å². The molecule has 0 radical (unpaired) electrons. The Morgan fingerprint density at radius 3 is 2.21 bits per heavy atom. The number of carbonyl (C=O) groups excluding carboxylic acids is 1. The van der Waals surface area contributed by atoms with E-state index in [0.29, 0.717) is 6.42 Å². The van der Waals surface area contributed by atoms with Gasteiger partial charge in [-0.25, -0.2) is 0 Å². The standard InChI is InChI=1S/C16H17NO2/c1-19-17-15(13-8-4-2-5-9-13)12-16(18)14-10-6-3-7-11-14/h2-11,15,17H,12H2,1H3. The summed E-state index contributed by atoms with van der Waals surface area (Å²) in [7, 11) is 1.56. The van der Waals surface area contributed by atoms with Crippen LogP contribution in [0.1, 0.15) is 28.4 Å². The lowest BCUT2D eigenvalue weighted by atomic mass is 9.99. The zero-order chi connectivity index (χ0) is 13.5. The van der Waals surface area contributed by atoms with Gasteiger partial charge >= 0.3 is 0 Å². The van der Waals surface area contributed by atoms with Crippen LogP contribution >= 0.6 is 0 Å². The maximum absolute atomic E-state index is 12.2. The summed E-state index contributed by atoms with van der Waals surface area (Å²) in [6.07, 6.45) is 0.363. The Morgan fingerprint density at radius 1 is 1.05 bits per heavy atom. The van der Waals surface area contributed by atoms with Crippen LogP contribution in [0, 0.1) is 0 Å². The van der Waals surface area contributed by atoms with Crippen LogP contribution in [0.4, 0.5) is 0 Å². The first-order valence-corrected chi connectivity index (χ1v) is 6.23. The zero-order valence-electron chi connectivity index (χ0n) is 10.9. The largest absolute Gasteiger partial charge is 0.305 e. The molecule has 0 bridgehead atoms. The van der Waals surface area contributed by atoms with Crippen LogP contribution in [0.25, 0.3) is 0 Å². The topological polar surface area (TPSA) is 38.3 Å². The molecule has 0 saturated heterocycles. The minimum Gasteiger partial charge on any atom is -0.305 e. The fraction of sp³-hybridized carbons (Fsp3) is 0.188. The number of nitrogens with one attached hydrogen (secondary N) is 1. The van der Waals surface area contributed by atoms with Gasteiger partial charge in [0.1, 0.15) is 0 Å². The summed E-state index contributed by atoms with van der Waals surface area (Å²) in [6.45, 7) is 0. The SMILES string of the molecule is CONC(CC(=O)c1ccccc1)c1ccccc1. The molecule has 2 aromatic rings. The Morgan fingerprint density at radius 2 is 1.63 bits per heavy atom. The highest BCUT2D eigenvalue weighted by Gasteiger charge is 2.16. The van der Waals surface area contributed by atoms with Gasteiger partial charge in [0, 0.05) is 12.0 Å². The monoisotopic (exact) mass is 255 g/mol. The Bertz CT molecular complexity index is 511. The van der Waals surface area contributed by atoms with E-state index in [4.69, 9.17) is 4.84 Å². The number of hydrogen-bond acceptors (Lipinski definition) is 3. The molecular weight excluding hydrogens is 238 g/mol. The van der Waals surface area contributed by atoms with Gasteiger partial charge < -0.3 is 4.84 Å². The summed E-state index contributed by atoms with van der Waals surface area (Å²) in [5, 5.41) is 0. The fourth-order valence-electron chi connectivity index (χ4n) is 1.98. The predicted molar refractivity (Wildman–Crippen MR) is 74.7 cm³/mol. The Labute approximate surface area is 113 Å². The van der Waals surface area contributed by atoms with Crippen molar-refractivity contribution in [1.29, 1.82) is 0 Å². The third-order valence-corrected chi connectivity index (χ3v) is 2.95. The van der Waals surface area contributed by atoms with Crippen LogP contribution in [0.3, 0.4) is 0 Å². The van der Waals surface area contributed by atoms with E-state index in [-0.39, 0.29) is 11.8 Å². The minimum absolute atomic E-state index is 0.0963. The van der Waals surface area contributed by atoms with Gasteiger partial charge in [-0.3, -0.25) is 4.79 Å². The quantitative estimate of drug-likeness (QED) is 0.636. The van der Waals surface area contributed by atoms with Gasteiger partial charge in [0.15, 0.2) is 5.78 Å². The van der Waals surface area contributed by atoms with E-state index in [1.165, 1.54) is 0 Å². The third kappa shape index (κ3) is 3.74. The molecule has 98 valence electrons. The van der Waals surface area contributed by atoms with E-state index in [2.05, 4.69) is 5.48 Å². The molecule has 0 spiro atoms. The van der Waals surface area contributed by atoms with Crippen LogP contribution in [0.5, 0.6) is 0 Å². The van der Waals surface area contributed by atoms with E-state index >= 15 is 0 Å².